The van der Waals surface area contributed by atoms with Gasteiger partial charge in [0.1, 0.15) is 17.9 Å². The first kappa shape index (κ1) is 14.8. The number of likely N-dealkylation sites (N-methyl/N-ethyl adjacent to an activating group) is 1. The monoisotopic (exact) mass is 339 g/mol. The van der Waals surface area contributed by atoms with Crippen molar-refractivity contribution in [2.24, 2.45) is 5.92 Å². The summed E-state index contributed by atoms with van der Waals surface area (Å²) in [5, 5.41) is 23.2. The molecular formula is C13H14BrN3O3. The van der Waals surface area contributed by atoms with Gasteiger partial charge in [-0.2, -0.15) is 5.26 Å². The molecule has 0 radical (unpaired) electrons. The molecule has 1 saturated carbocycles. The van der Waals surface area contributed by atoms with Crippen molar-refractivity contribution >= 4 is 21.6 Å². The summed E-state index contributed by atoms with van der Waals surface area (Å²) in [7, 11) is 1.73. The zero-order chi connectivity index (χ0) is 14.8. The van der Waals surface area contributed by atoms with Crippen LogP contribution in [0.15, 0.2) is 22.7 Å². The van der Waals surface area contributed by atoms with Gasteiger partial charge < -0.3 is 4.74 Å². The van der Waals surface area contributed by atoms with E-state index >= 15 is 0 Å². The van der Waals surface area contributed by atoms with Crippen LogP contribution < -0.4 is 10.1 Å². The average molecular weight is 340 g/mol. The molecule has 0 spiro atoms. The van der Waals surface area contributed by atoms with Crippen LogP contribution in [-0.4, -0.2) is 24.1 Å². The molecular weight excluding hydrogens is 326 g/mol. The fourth-order valence-electron chi connectivity index (χ4n) is 2.08. The lowest BCUT2D eigenvalue weighted by Crippen LogP contribution is -2.49. The van der Waals surface area contributed by atoms with Crippen molar-refractivity contribution in [3.63, 3.8) is 0 Å². The standard InChI is InChI=1S/C13H14BrN3O3/c1-16-13(7-15,9-2-3-9)8-20-12-5-10(14)4-11(6-12)17(18)19/h4-6,9,16H,2-3,8H2,1H3. The molecule has 1 atom stereocenters. The van der Waals surface area contributed by atoms with Crippen molar-refractivity contribution in [3.8, 4) is 11.8 Å². The predicted octanol–water partition coefficient (Wildman–Crippen LogP) is 2.63. The minimum atomic E-state index is -0.725. The molecule has 1 aliphatic rings. The van der Waals surface area contributed by atoms with Crippen LogP contribution >= 0.6 is 15.9 Å². The molecule has 0 aliphatic heterocycles. The highest BCUT2D eigenvalue weighted by Crippen LogP contribution is 2.39. The summed E-state index contributed by atoms with van der Waals surface area (Å²) in [4.78, 5) is 10.3. The number of rotatable bonds is 6. The number of nitro groups is 1. The van der Waals surface area contributed by atoms with Gasteiger partial charge >= 0.3 is 0 Å². The number of non-ortho nitro benzene ring substituents is 1. The number of nitrogens with one attached hydrogen (secondary N) is 1. The van der Waals surface area contributed by atoms with Crippen LogP contribution in [0.5, 0.6) is 5.75 Å². The van der Waals surface area contributed by atoms with E-state index in [-0.39, 0.29) is 18.2 Å². The number of halogens is 1. The third kappa shape index (κ3) is 3.08. The number of hydrogen-bond donors (Lipinski definition) is 1. The summed E-state index contributed by atoms with van der Waals surface area (Å²) >= 11 is 3.21. The van der Waals surface area contributed by atoms with Gasteiger partial charge in [-0.15, -0.1) is 0 Å². The van der Waals surface area contributed by atoms with E-state index in [9.17, 15) is 15.4 Å². The third-order valence-corrected chi connectivity index (χ3v) is 3.91. The van der Waals surface area contributed by atoms with Crippen molar-refractivity contribution in [2.75, 3.05) is 13.7 Å². The lowest BCUT2D eigenvalue weighted by molar-refractivity contribution is -0.385. The van der Waals surface area contributed by atoms with Gasteiger partial charge in [0.2, 0.25) is 0 Å². The van der Waals surface area contributed by atoms with Crippen molar-refractivity contribution < 1.29 is 9.66 Å². The molecule has 106 valence electrons. The minimum Gasteiger partial charge on any atom is -0.490 e. The van der Waals surface area contributed by atoms with Crippen molar-refractivity contribution in [1.29, 1.82) is 5.26 Å². The van der Waals surface area contributed by atoms with E-state index in [1.807, 2.05) is 0 Å². The highest BCUT2D eigenvalue weighted by atomic mass is 79.9. The molecule has 0 heterocycles. The zero-order valence-electron chi connectivity index (χ0n) is 10.9. The van der Waals surface area contributed by atoms with E-state index in [1.54, 1.807) is 13.1 Å². The Morgan fingerprint density at radius 1 is 1.60 bits per heavy atom. The molecule has 1 N–H and O–H groups in total. The lowest BCUT2D eigenvalue weighted by Gasteiger charge is -2.25. The van der Waals surface area contributed by atoms with E-state index in [0.29, 0.717) is 10.2 Å². The summed E-state index contributed by atoms with van der Waals surface area (Å²) in [6.07, 6.45) is 1.99. The van der Waals surface area contributed by atoms with Gasteiger partial charge in [0.15, 0.2) is 0 Å². The molecule has 1 aliphatic carbocycles. The highest BCUT2D eigenvalue weighted by molar-refractivity contribution is 9.10. The molecule has 1 fully saturated rings. The van der Waals surface area contributed by atoms with Gasteiger partial charge in [-0.1, -0.05) is 15.9 Å². The number of nitro benzene ring substituents is 1. The number of nitriles is 1. The Balaban J connectivity index is 2.14. The average Bonchev–Trinajstić information content (AvgIpc) is 3.25. The molecule has 0 saturated heterocycles. The SMILES string of the molecule is CNC(C#N)(COc1cc(Br)cc([N+](=O)[O-])c1)C1CC1. The maximum Gasteiger partial charge on any atom is 0.274 e. The first-order chi connectivity index (χ1) is 9.50. The lowest BCUT2D eigenvalue weighted by atomic mass is 9.96. The number of nitrogens with zero attached hydrogens (tertiary/aromatic N) is 2. The van der Waals surface area contributed by atoms with Crippen molar-refractivity contribution in [2.45, 2.75) is 18.4 Å². The van der Waals surface area contributed by atoms with Crippen LogP contribution in [0.25, 0.3) is 0 Å². The highest BCUT2D eigenvalue weighted by Gasteiger charge is 2.45. The Bertz CT molecular complexity index is 568. The summed E-state index contributed by atoms with van der Waals surface area (Å²) in [5.41, 5.74) is -0.773. The second-order valence-electron chi connectivity index (χ2n) is 4.80. The van der Waals surface area contributed by atoms with Crippen LogP contribution in [0.4, 0.5) is 5.69 Å². The fourth-order valence-corrected chi connectivity index (χ4v) is 2.54. The van der Waals surface area contributed by atoms with Gasteiger partial charge in [0.05, 0.1) is 17.1 Å². The van der Waals surface area contributed by atoms with E-state index < -0.39 is 10.5 Å². The summed E-state index contributed by atoms with van der Waals surface area (Å²) in [5.74, 6) is 0.654. The summed E-state index contributed by atoms with van der Waals surface area (Å²) in [6, 6.07) is 6.68. The van der Waals surface area contributed by atoms with Gasteiger partial charge in [-0.3, -0.25) is 15.4 Å². The number of ether oxygens (including phenoxy) is 1. The molecule has 0 aromatic heterocycles. The smallest absolute Gasteiger partial charge is 0.274 e. The van der Waals surface area contributed by atoms with Crippen LogP contribution in [0, 0.1) is 27.4 Å². The predicted molar refractivity (Wildman–Crippen MR) is 76.4 cm³/mol. The van der Waals surface area contributed by atoms with E-state index in [0.717, 1.165) is 12.8 Å². The zero-order valence-corrected chi connectivity index (χ0v) is 12.5. The van der Waals surface area contributed by atoms with Crippen LogP contribution in [-0.2, 0) is 0 Å². The van der Waals surface area contributed by atoms with Crippen molar-refractivity contribution in [3.05, 3.63) is 32.8 Å². The number of hydrogen-bond acceptors (Lipinski definition) is 5. The second kappa shape index (κ2) is 5.77. The molecule has 1 unspecified atom stereocenters. The largest absolute Gasteiger partial charge is 0.490 e. The quantitative estimate of drug-likeness (QED) is 0.635. The van der Waals surface area contributed by atoms with Gasteiger partial charge in [-0.05, 0) is 31.9 Å². The van der Waals surface area contributed by atoms with Crippen LogP contribution in [0.3, 0.4) is 0 Å². The van der Waals surface area contributed by atoms with Crippen LogP contribution in [0.1, 0.15) is 12.8 Å². The van der Waals surface area contributed by atoms with Crippen LogP contribution in [0.2, 0.25) is 0 Å². The van der Waals surface area contributed by atoms with Gasteiger partial charge in [0, 0.05) is 10.5 Å². The first-order valence-corrected chi connectivity index (χ1v) is 6.98. The Kier molecular flexibility index (Phi) is 4.26. The Hall–Kier alpha value is -1.65. The normalized spacial score (nSPS) is 17.1. The summed E-state index contributed by atoms with van der Waals surface area (Å²) in [6.45, 7) is 0.165. The first-order valence-electron chi connectivity index (χ1n) is 6.18. The maximum absolute atomic E-state index is 10.8. The molecule has 20 heavy (non-hydrogen) atoms. The van der Waals surface area contributed by atoms with Crippen molar-refractivity contribution in [1.82, 2.24) is 5.32 Å². The summed E-state index contributed by atoms with van der Waals surface area (Å²) < 4.78 is 6.18. The Morgan fingerprint density at radius 2 is 2.30 bits per heavy atom. The maximum atomic E-state index is 10.8. The molecule has 7 heteroatoms. The van der Waals surface area contributed by atoms with E-state index in [1.165, 1.54) is 12.1 Å². The molecule has 0 bridgehead atoms. The van der Waals surface area contributed by atoms with E-state index in [4.69, 9.17) is 4.74 Å². The van der Waals surface area contributed by atoms with Gasteiger partial charge in [-0.25, -0.2) is 0 Å². The molecule has 6 nitrogen and oxygen atoms in total. The minimum absolute atomic E-state index is 0.0483. The van der Waals surface area contributed by atoms with Gasteiger partial charge in [0.25, 0.3) is 5.69 Å². The Morgan fingerprint density at radius 3 is 2.80 bits per heavy atom. The molecule has 2 rings (SSSR count). The second-order valence-corrected chi connectivity index (χ2v) is 5.71. The molecule has 0 amide bonds. The third-order valence-electron chi connectivity index (χ3n) is 3.45. The topological polar surface area (TPSA) is 88.2 Å². The fraction of sp³-hybridized carbons (Fsp3) is 0.462. The molecule has 1 aromatic carbocycles. The Labute approximate surface area is 125 Å². The molecule has 1 aromatic rings. The van der Waals surface area contributed by atoms with E-state index in [2.05, 4.69) is 27.3 Å². The number of benzene rings is 1.